The van der Waals surface area contributed by atoms with E-state index in [-0.39, 0.29) is 18.0 Å². The minimum Gasteiger partial charge on any atom is -0.462 e. The average molecular weight is 299 g/mol. The van der Waals surface area contributed by atoms with Gasteiger partial charge >= 0.3 is 5.97 Å². The van der Waals surface area contributed by atoms with E-state index in [0.29, 0.717) is 18.0 Å². The molecular weight excluding hydrogens is 274 g/mol. The molecule has 0 amide bonds. The molecule has 0 unspecified atom stereocenters. The van der Waals surface area contributed by atoms with Crippen molar-refractivity contribution in [3.63, 3.8) is 0 Å². The molecule has 2 saturated heterocycles. The van der Waals surface area contributed by atoms with Crippen LogP contribution >= 0.6 is 0 Å². The Morgan fingerprint density at radius 3 is 2.55 bits per heavy atom. The minimum absolute atomic E-state index is 0.00653. The Morgan fingerprint density at radius 1 is 1.14 bits per heavy atom. The number of aryl methyl sites for hydroxylation is 1. The Hall–Kier alpha value is -1.35. The molecule has 3 fully saturated rings. The summed E-state index contributed by atoms with van der Waals surface area (Å²) >= 11 is 0. The molecule has 2 aliphatic heterocycles. The Balaban J connectivity index is 1.64. The first-order valence-corrected chi connectivity index (χ1v) is 8.62. The van der Waals surface area contributed by atoms with Gasteiger partial charge in [-0.2, -0.15) is 0 Å². The van der Waals surface area contributed by atoms with E-state index in [2.05, 4.69) is 43.1 Å². The van der Waals surface area contributed by atoms with Gasteiger partial charge in [-0.25, -0.2) is 0 Å². The fraction of sp³-hybridized carbons (Fsp3) is 0.632. The Kier molecular flexibility index (Phi) is 3.48. The highest BCUT2D eigenvalue weighted by molar-refractivity contribution is 5.75. The van der Waals surface area contributed by atoms with Crippen LogP contribution in [0.2, 0.25) is 0 Å². The molecule has 4 atom stereocenters. The second-order valence-corrected chi connectivity index (χ2v) is 7.38. The van der Waals surface area contributed by atoms with Crippen LogP contribution in [0.4, 0.5) is 0 Å². The molecule has 1 saturated carbocycles. The third-order valence-electron chi connectivity index (χ3n) is 5.85. The summed E-state index contributed by atoms with van der Waals surface area (Å²) in [6.07, 6.45) is 5.74. The quantitative estimate of drug-likeness (QED) is 0.802. The van der Waals surface area contributed by atoms with Crippen LogP contribution in [0.5, 0.6) is 0 Å². The highest BCUT2D eigenvalue weighted by Gasteiger charge is 2.50. The van der Waals surface area contributed by atoms with Crippen LogP contribution in [0.15, 0.2) is 24.3 Å². The number of ether oxygens (including phenoxy) is 1. The number of nitrogens with zero attached hydrogens (tertiary/aromatic N) is 1. The van der Waals surface area contributed by atoms with Gasteiger partial charge in [-0.1, -0.05) is 29.8 Å². The van der Waals surface area contributed by atoms with Gasteiger partial charge < -0.3 is 4.74 Å². The van der Waals surface area contributed by atoms with Crippen molar-refractivity contribution in [2.24, 2.45) is 5.92 Å². The van der Waals surface area contributed by atoms with Crippen LogP contribution < -0.4 is 0 Å². The lowest BCUT2D eigenvalue weighted by Gasteiger charge is -2.42. The van der Waals surface area contributed by atoms with E-state index in [0.717, 1.165) is 25.7 Å². The maximum atomic E-state index is 12.8. The van der Waals surface area contributed by atoms with Crippen molar-refractivity contribution in [1.82, 2.24) is 4.90 Å². The molecule has 0 radical (unpaired) electrons. The zero-order chi connectivity index (χ0) is 15.3. The van der Waals surface area contributed by atoms with Crippen molar-refractivity contribution in [3.8, 4) is 0 Å². The number of rotatable bonds is 3. The molecule has 1 aliphatic carbocycles. The van der Waals surface area contributed by atoms with Crippen molar-refractivity contribution >= 4 is 5.97 Å². The lowest BCUT2D eigenvalue weighted by Crippen LogP contribution is -2.49. The van der Waals surface area contributed by atoms with Crippen molar-refractivity contribution in [3.05, 3.63) is 35.4 Å². The number of carbonyl (C=O) groups excluding carboxylic acids is 1. The Bertz CT molecular complexity index is 563. The first-order valence-electron chi connectivity index (χ1n) is 8.62. The number of esters is 1. The Morgan fingerprint density at radius 2 is 1.86 bits per heavy atom. The van der Waals surface area contributed by atoms with Crippen molar-refractivity contribution < 1.29 is 9.53 Å². The lowest BCUT2D eigenvalue weighted by molar-refractivity contribution is -0.154. The first-order chi connectivity index (χ1) is 10.6. The van der Waals surface area contributed by atoms with Crippen LogP contribution in [-0.2, 0) is 9.53 Å². The zero-order valence-corrected chi connectivity index (χ0v) is 13.5. The smallest absolute Gasteiger partial charge is 0.311 e. The van der Waals surface area contributed by atoms with Crippen LogP contribution in [0.25, 0.3) is 0 Å². The number of piperidine rings is 1. The van der Waals surface area contributed by atoms with Crippen molar-refractivity contribution in [2.45, 2.75) is 63.1 Å². The van der Waals surface area contributed by atoms with Gasteiger partial charge in [-0.05, 0) is 51.6 Å². The van der Waals surface area contributed by atoms with Crippen LogP contribution in [0.3, 0.4) is 0 Å². The molecule has 3 nitrogen and oxygen atoms in total. The largest absolute Gasteiger partial charge is 0.462 e. The Labute approximate surface area is 132 Å². The van der Waals surface area contributed by atoms with Gasteiger partial charge in [0.15, 0.2) is 0 Å². The molecular formula is C19H25NO2. The molecule has 1 aromatic rings. The summed E-state index contributed by atoms with van der Waals surface area (Å²) in [6.45, 7) is 2.11. The van der Waals surface area contributed by atoms with Gasteiger partial charge in [0.25, 0.3) is 0 Å². The summed E-state index contributed by atoms with van der Waals surface area (Å²) in [4.78, 5) is 15.2. The third-order valence-corrected chi connectivity index (χ3v) is 5.85. The van der Waals surface area contributed by atoms with Crippen LogP contribution in [0, 0.1) is 12.8 Å². The molecule has 0 N–H and O–H groups in total. The van der Waals surface area contributed by atoms with Gasteiger partial charge in [0, 0.05) is 18.0 Å². The third kappa shape index (κ3) is 2.45. The standard InChI is InChI=1S/C19H25NO2/c1-12-3-5-13(6-4-12)16-11-14-7-10-17(20(14)2)18(16)19(21)22-15-8-9-15/h3-6,14-18H,7-11H2,1-2H3/t14-,16+,17+,18-/m0/s1. The van der Waals surface area contributed by atoms with Gasteiger partial charge in [0.2, 0.25) is 0 Å². The number of fused-ring (bicyclic) bond motifs is 2. The number of carbonyl (C=O) groups is 1. The highest BCUT2D eigenvalue weighted by Crippen LogP contribution is 2.47. The van der Waals surface area contributed by atoms with Gasteiger partial charge in [-0.3, -0.25) is 9.69 Å². The summed E-state index contributed by atoms with van der Waals surface area (Å²) in [7, 11) is 2.19. The van der Waals surface area contributed by atoms with E-state index in [4.69, 9.17) is 4.74 Å². The van der Waals surface area contributed by atoms with E-state index >= 15 is 0 Å². The summed E-state index contributed by atoms with van der Waals surface area (Å²) in [5.41, 5.74) is 2.59. The first kappa shape index (κ1) is 14.3. The molecule has 0 aromatic heterocycles. The molecule has 4 rings (SSSR count). The lowest BCUT2D eigenvalue weighted by atomic mass is 9.76. The fourth-order valence-electron chi connectivity index (χ4n) is 4.37. The van der Waals surface area contributed by atoms with E-state index in [1.807, 2.05) is 0 Å². The topological polar surface area (TPSA) is 29.5 Å². The summed E-state index contributed by atoms with van der Waals surface area (Å²) in [5.74, 6) is 0.373. The summed E-state index contributed by atoms with van der Waals surface area (Å²) in [6, 6.07) is 9.74. The molecule has 2 heterocycles. The summed E-state index contributed by atoms with van der Waals surface area (Å²) in [5, 5.41) is 0. The SMILES string of the molecule is Cc1ccc([C@H]2C[C@@H]3CC[C@H]([C@H]2C(=O)OC2CC2)N3C)cc1. The van der Waals surface area contributed by atoms with Crippen LogP contribution in [-0.4, -0.2) is 36.1 Å². The zero-order valence-electron chi connectivity index (χ0n) is 13.5. The normalized spacial score (nSPS) is 34.6. The second kappa shape index (κ2) is 5.38. The molecule has 1 aromatic carbocycles. The monoisotopic (exact) mass is 299 g/mol. The molecule has 3 heteroatoms. The van der Waals surface area contributed by atoms with E-state index in [9.17, 15) is 4.79 Å². The van der Waals surface area contributed by atoms with E-state index in [1.165, 1.54) is 17.5 Å². The van der Waals surface area contributed by atoms with E-state index < -0.39 is 0 Å². The van der Waals surface area contributed by atoms with Crippen molar-refractivity contribution in [2.75, 3.05) is 7.05 Å². The predicted octanol–water partition coefficient (Wildman–Crippen LogP) is 3.27. The average Bonchev–Trinajstić information content (AvgIpc) is 3.27. The molecule has 3 aliphatic rings. The molecule has 22 heavy (non-hydrogen) atoms. The van der Waals surface area contributed by atoms with Gasteiger partial charge in [0.1, 0.15) is 6.10 Å². The number of hydrogen-bond donors (Lipinski definition) is 0. The fourth-order valence-corrected chi connectivity index (χ4v) is 4.37. The number of benzene rings is 1. The van der Waals surface area contributed by atoms with Gasteiger partial charge in [-0.15, -0.1) is 0 Å². The summed E-state index contributed by atoms with van der Waals surface area (Å²) < 4.78 is 5.71. The minimum atomic E-state index is 0.00653. The second-order valence-electron chi connectivity index (χ2n) is 7.38. The van der Waals surface area contributed by atoms with E-state index in [1.54, 1.807) is 0 Å². The van der Waals surface area contributed by atoms with Crippen LogP contribution in [0.1, 0.15) is 49.1 Å². The molecule has 118 valence electrons. The van der Waals surface area contributed by atoms with Crippen molar-refractivity contribution in [1.29, 1.82) is 0 Å². The molecule has 0 spiro atoms. The number of hydrogen-bond acceptors (Lipinski definition) is 3. The molecule has 2 bridgehead atoms. The maximum absolute atomic E-state index is 12.8. The predicted molar refractivity (Wildman–Crippen MR) is 85.7 cm³/mol. The maximum Gasteiger partial charge on any atom is 0.311 e. The highest BCUT2D eigenvalue weighted by atomic mass is 16.5. The van der Waals surface area contributed by atoms with Gasteiger partial charge in [0.05, 0.1) is 5.92 Å².